The van der Waals surface area contributed by atoms with E-state index in [1.807, 2.05) is 57.2 Å². The number of ether oxygens (including phenoxy) is 1. The molecule has 0 aliphatic rings. The number of Topliss-reactive ketones (excluding diaryl/α,β-unsaturated/α-hetero) is 1. The lowest BCUT2D eigenvalue weighted by atomic mass is 10.1. The van der Waals surface area contributed by atoms with Crippen LogP contribution in [0.15, 0.2) is 42.5 Å². The quantitative estimate of drug-likeness (QED) is 0.816. The van der Waals surface area contributed by atoms with E-state index in [0.717, 1.165) is 5.56 Å². The molecule has 1 N–H and O–H groups in total. The molecular formula is C18H25NO3. The van der Waals surface area contributed by atoms with Gasteiger partial charge in [-0.2, -0.15) is 0 Å². The van der Waals surface area contributed by atoms with Gasteiger partial charge in [0.1, 0.15) is 11.4 Å². The lowest BCUT2D eigenvalue weighted by Crippen LogP contribution is -2.39. The Hall–Kier alpha value is -2.10. The van der Waals surface area contributed by atoms with E-state index in [9.17, 15) is 9.59 Å². The van der Waals surface area contributed by atoms with Gasteiger partial charge >= 0.3 is 6.09 Å². The van der Waals surface area contributed by atoms with Gasteiger partial charge in [0.25, 0.3) is 0 Å². The summed E-state index contributed by atoms with van der Waals surface area (Å²) in [6.07, 6.45) is 4.18. The number of allylic oxidation sites excluding steroid dienone is 1. The normalized spacial score (nSPS) is 12.9. The molecule has 0 saturated heterocycles. The molecular weight excluding hydrogens is 278 g/mol. The van der Waals surface area contributed by atoms with Crippen molar-refractivity contribution in [2.24, 2.45) is 0 Å². The van der Waals surface area contributed by atoms with Gasteiger partial charge in [-0.05, 0) is 39.7 Å². The van der Waals surface area contributed by atoms with Crippen molar-refractivity contribution in [3.8, 4) is 0 Å². The predicted molar refractivity (Wildman–Crippen MR) is 87.7 cm³/mol. The number of carbonyl (C=O) groups is 2. The first-order chi connectivity index (χ1) is 10.3. The van der Waals surface area contributed by atoms with Gasteiger partial charge in [-0.15, -0.1) is 0 Å². The zero-order chi connectivity index (χ0) is 16.6. The molecule has 4 nitrogen and oxygen atoms in total. The second-order valence-electron chi connectivity index (χ2n) is 6.28. The molecule has 0 aliphatic heterocycles. The number of nitrogens with one attached hydrogen (secondary N) is 1. The van der Waals surface area contributed by atoms with Crippen molar-refractivity contribution in [3.05, 3.63) is 48.0 Å². The molecule has 0 bridgehead atoms. The van der Waals surface area contributed by atoms with Gasteiger partial charge in [-0.1, -0.05) is 42.5 Å². The van der Waals surface area contributed by atoms with E-state index in [4.69, 9.17) is 4.74 Å². The first-order valence-corrected chi connectivity index (χ1v) is 7.46. The van der Waals surface area contributed by atoms with E-state index in [0.29, 0.717) is 12.8 Å². The Bertz CT molecular complexity index is 515. The fourth-order valence-corrected chi connectivity index (χ4v) is 1.89. The SMILES string of the molecule is CC(=O)C/C=C/[C@H](Cc1ccccc1)NC(=O)OC(C)(C)C. The minimum atomic E-state index is -0.537. The van der Waals surface area contributed by atoms with Gasteiger partial charge in [0.15, 0.2) is 0 Å². The first kappa shape index (κ1) is 18.0. The molecule has 1 aromatic carbocycles. The molecule has 0 aromatic heterocycles. The number of ketones is 1. The topological polar surface area (TPSA) is 55.4 Å². The lowest BCUT2D eigenvalue weighted by Gasteiger charge is -2.22. The van der Waals surface area contributed by atoms with E-state index >= 15 is 0 Å². The highest BCUT2D eigenvalue weighted by atomic mass is 16.6. The molecule has 0 saturated carbocycles. The minimum Gasteiger partial charge on any atom is -0.444 e. The van der Waals surface area contributed by atoms with Crippen molar-refractivity contribution in [2.75, 3.05) is 0 Å². The summed E-state index contributed by atoms with van der Waals surface area (Å²) in [6.45, 7) is 7.01. The van der Waals surface area contributed by atoms with Gasteiger partial charge in [-0.25, -0.2) is 4.79 Å². The van der Waals surface area contributed by atoms with Crippen molar-refractivity contribution < 1.29 is 14.3 Å². The molecule has 0 spiro atoms. The Balaban J connectivity index is 2.71. The third-order valence-corrected chi connectivity index (χ3v) is 2.77. The van der Waals surface area contributed by atoms with Crippen molar-refractivity contribution in [1.29, 1.82) is 0 Å². The molecule has 1 atom stereocenters. The molecule has 1 amide bonds. The maximum atomic E-state index is 11.9. The predicted octanol–water partition coefficient (Wildman–Crippen LogP) is 3.66. The van der Waals surface area contributed by atoms with Crippen LogP contribution in [0.1, 0.15) is 39.7 Å². The van der Waals surface area contributed by atoms with Gasteiger partial charge in [0.2, 0.25) is 0 Å². The Morgan fingerprint density at radius 1 is 1.23 bits per heavy atom. The molecule has 4 heteroatoms. The second-order valence-corrected chi connectivity index (χ2v) is 6.28. The Morgan fingerprint density at radius 2 is 1.86 bits per heavy atom. The van der Waals surface area contributed by atoms with Gasteiger partial charge in [0.05, 0.1) is 6.04 Å². The molecule has 0 fully saturated rings. The molecule has 1 rings (SSSR count). The van der Waals surface area contributed by atoms with E-state index in [-0.39, 0.29) is 11.8 Å². The van der Waals surface area contributed by atoms with Crippen LogP contribution >= 0.6 is 0 Å². The van der Waals surface area contributed by atoms with E-state index in [2.05, 4.69) is 5.32 Å². The lowest BCUT2D eigenvalue weighted by molar-refractivity contribution is -0.116. The van der Waals surface area contributed by atoms with Crippen LogP contribution in [-0.2, 0) is 16.0 Å². The van der Waals surface area contributed by atoms with Crippen molar-refractivity contribution in [1.82, 2.24) is 5.32 Å². The summed E-state index contributed by atoms with van der Waals surface area (Å²) in [5.74, 6) is 0.0898. The van der Waals surface area contributed by atoms with Crippen LogP contribution in [0.5, 0.6) is 0 Å². The minimum absolute atomic E-state index is 0.0898. The Morgan fingerprint density at radius 3 is 2.41 bits per heavy atom. The van der Waals surface area contributed by atoms with E-state index in [1.54, 1.807) is 6.08 Å². The number of benzene rings is 1. The summed E-state index contributed by atoms with van der Waals surface area (Å²) < 4.78 is 5.28. The third kappa shape index (κ3) is 8.25. The van der Waals surface area contributed by atoms with Crippen molar-refractivity contribution >= 4 is 11.9 Å². The highest BCUT2D eigenvalue weighted by molar-refractivity contribution is 5.77. The summed E-state index contributed by atoms with van der Waals surface area (Å²) in [5, 5.41) is 2.84. The molecule has 120 valence electrons. The zero-order valence-electron chi connectivity index (χ0n) is 13.8. The number of alkyl carbamates (subject to hydrolysis) is 1. The molecule has 22 heavy (non-hydrogen) atoms. The molecule has 0 radical (unpaired) electrons. The maximum absolute atomic E-state index is 11.9. The molecule has 0 heterocycles. The highest BCUT2D eigenvalue weighted by Gasteiger charge is 2.18. The van der Waals surface area contributed by atoms with Crippen LogP contribution in [0, 0.1) is 0 Å². The number of carbonyl (C=O) groups excluding carboxylic acids is 2. The summed E-state index contributed by atoms with van der Waals surface area (Å²) >= 11 is 0. The van der Waals surface area contributed by atoms with Gasteiger partial charge in [-0.3, -0.25) is 4.79 Å². The average Bonchev–Trinajstić information content (AvgIpc) is 2.36. The molecule has 0 unspecified atom stereocenters. The maximum Gasteiger partial charge on any atom is 0.408 e. The summed E-state index contributed by atoms with van der Waals surface area (Å²) in [7, 11) is 0. The van der Waals surface area contributed by atoms with Crippen LogP contribution in [0.2, 0.25) is 0 Å². The smallest absolute Gasteiger partial charge is 0.408 e. The van der Waals surface area contributed by atoms with Crippen LogP contribution in [0.4, 0.5) is 4.79 Å². The fraction of sp³-hybridized carbons (Fsp3) is 0.444. The van der Waals surface area contributed by atoms with Crippen molar-refractivity contribution in [3.63, 3.8) is 0 Å². The Labute approximate surface area is 132 Å². The van der Waals surface area contributed by atoms with Crippen LogP contribution in [0.25, 0.3) is 0 Å². The van der Waals surface area contributed by atoms with E-state index < -0.39 is 11.7 Å². The van der Waals surface area contributed by atoms with Crippen LogP contribution in [-0.4, -0.2) is 23.5 Å². The summed E-state index contributed by atoms with van der Waals surface area (Å²) in [5.41, 5.74) is 0.570. The largest absolute Gasteiger partial charge is 0.444 e. The third-order valence-electron chi connectivity index (χ3n) is 2.77. The van der Waals surface area contributed by atoms with Crippen molar-refractivity contribution in [2.45, 2.75) is 52.2 Å². The standard InChI is InChI=1S/C18H25NO3/c1-14(20)9-8-12-16(13-15-10-6-5-7-11-15)19-17(21)22-18(2,3)4/h5-8,10-12,16H,9,13H2,1-4H3,(H,19,21)/b12-8+/t16-/m1/s1. The zero-order valence-corrected chi connectivity index (χ0v) is 13.8. The first-order valence-electron chi connectivity index (χ1n) is 7.46. The van der Waals surface area contributed by atoms with E-state index in [1.165, 1.54) is 6.92 Å². The Kier molecular flexibility index (Phi) is 6.83. The van der Waals surface area contributed by atoms with Gasteiger partial charge < -0.3 is 10.1 Å². The number of hydrogen-bond donors (Lipinski definition) is 1. The highest BCUT2D eigenvalue weighted by Crippen LogP contribution is 2.09. The monoisotopic (exact) mass is 303 g/mol. The fourth-order valence-electron chi connectivity index (χ4n) is 1.89. The molecule has 0 aliphatic carbocycles. The summed E-state index contributed by atoms with van der Waals surface area (Å²) in [6, 6.07) is 9.66. The molecule has 1 aromatic rings. The average molecular weight is 303 g/mol. The number of rotatable bonds is 6. The van der Waals surface area contributed by atoms with Crippen LogP contribution < -0.4 is 5.32 Å². The summed E-state index contributed by atoms with van der Waals surface area (Å²) in [4.78, 5) is 23.0. The second kappa shape index (κ2) is 8.37. The van der Waals surface area contributed by atoms with Crippen LogP contribution in [0.3, 0.4) is 0 Å². The van der Waals surface area contributed by atoms with Gasteiger partial charge in [0, 0.05) is 6.42 Å². The number of hydrogen-bond acceptors (Lipinski definition) is 3. The number of amides is 1.